The van der Waals surface area contributed by atoms with Gasteiger partial charge in [0.2, 0.25) is 11.2 Å². The number of hydrogen-bond donors (Lipinski definition) is 1. The molecule has 22 heavy (non-hydrogen) atoms. The molecule has 0 saturated carbocycles. The molecule has 1 aromatic carbocycles. The van der Waals surface area contributed by atoms with E-state index >= 15 is 0 Å². The van der Waals surface area contributed by atoms with Crippen LogP contribution in [0.3, 0.4) is 0 Å². The van der Waals surface area contributed by atoms with Gasteiger partial charge in [0.05, 0.1) is 13.2 Å². The second-order valence-electron chi connectivity index (χ2n) is 5.00. The van der Waals surface area contributed by atoms with Crippen LogP contribution in [0.2, 0.25) is 0 Å². The molecule has 1 aromatic rings. The molecule has 1 heterocycles. The molecule has 5 nitrogen and oxygen atoms in total. The lowest BCUT2D eigenvalue weighted by molar-refractivity contribution is 0.1000. The molecule has 2 atom stereocenters. The van der Waals surface area contributed by atoms with Crippen LogP contribution in [0.5, 0.6) is 5.75 Å². The van der Waals surface area contributed by atoms with Gasteiger partial charge in [-0.3, -0.25) is 4.79 Å². The van der Waals surface area contributed by atoms with Gasteiger partial charge >= 0.3 is 0 Å². The lowest BCUT2D eigenvalue weighted by Crippen LogP contribution is -2.25. The normalized spacial score (nSPS) is 22.6. The number of nitrogens with zero attached hydrogens (tertiary/aromatic N) is 2. The van der Waals surface area contributed by atoms with Crippen LogP contribution < -0.4 is 10.5 Å². The fraction of sp³-hybridized carbons (Fsp3) is 0.188. The SMILES string of the molecule is COc1cc(C(N)=O)ccc1C1C=CC=C2C=NC(Cl)=NC21. The van der Waals surface area contributed by atoms with Gasteiger partial charge in [0.25, 0.3) is 0 Å². The Balaban J connectivity index is 2.04. The Labute approximate surface area is 132 Å². The lowest BCUT2D eigenvalue weighted by atomic mass is 9.83. The molecular weight excluding hydrogens is 302 g/mol. The van der Waals surface area contributed by atoms with Crippen LogP contribution in [0.25, 0.3) is 0 Å². The van der Waals surface area contributed by atoms with Crippen LogP contribution in [0.4, 0.5) is 0 Å². The summed E-state index contributed by atoms with van der Waals surface area (Å²) in [6, 6.07) is 5.02. The molecule has 0 fully saturated rings. The number of halogens is 1. The standard InChI is InChI=1S/C16H14ClN3O2/c1-22-13-7-9(15(18)21)5-6-11(13)12-4-2-3-10-8-19-16(17)20-14(10)12/h2-8,12,14H,1H3,(H2,18,21). The highest BCUT2D eigenvalue weighted by Crippen LogP contribution is 2.37. The molecule has 2 unspecified atom stereocenters. The number of fused-ring (bicyclic) bond motifs is 1. The Kier molecular flexibility index (Phi) is 3.81. The van der Waals surface area contributed by atoms with E-state index in [0.29, 0.717) is 11.3 Å². The molecule has 2 N–H and O–H groups in total. The van der Waals surface area contributed by atoms with Crippen molar-refractivity contribution >= 4 is 29.0 Å². The fourth-order valence-electron chi connectivity index (χ4n) is 2.66. The maximum absolute atomic E-state index is 11.3. The van der Waals surface area contributed by atoms with Gasteiger partial charge < -0.3 is 10.5 Å². The van der Waals surface area contributed by atoms with Crippen molar-refractivity contribution in [1.29, 1.82) is 0 Å². The van der Waals surface area contributed by atoms with E-state index in [1.807, 2.05) is 24.3 Å². The third-order valence-corrected chi connectivity index (χ3v) is 3.93. The zero-order valence-corrected chi connectivity index (χ0v) is 12.6. The van der Waals surface area contributed by atoms with Gasteiger partial charge in [0, 0.05) is 23.3 Å². The third kappa shape index (κ3) is 2.55. The predicted molar refractivity (Wildman–Crippen MR) is 87.0 cm³/mol. The minimum atomic E-state index is -0.490. The van der Waals surface area contributed by atoms with Crippen LogP contribution in [0.15, 0.2) is 52.0 Å². The molecule has 1 aliphatic heterocycles. The highest BCUT2D eigenvalue weighted by atomic mass is 35.5. The van der Waals surface area contributed by atoms with Crippen molar-refractivity contribution in [2.45, 2.75) is 12.0 Å². The summed E-state index contributed by atoms with van der Waals surface area (Å²) in [5.41, 5.74) is 7.62. The van der Waals surface area contributed by atoms with E-state index < -0.39 is 5.91 Å². The van der Waals surface area contributed by atoms with Crippen molar-refractivity contribution in [2.75, 3.05) is 7.11 Å². The molecule has 112 valence electrons. The van der Waals surface area contributed by atoms with Crippen LogP contribution in [-0.2, 0) is 0 Å². The molecule has 1 amide bonds. The molecule has 3 rings (SSSR count). The van der Waals surface area contributed by atoms with Gasteiger partial charge in [-0.15, -0.1) is 0 Å². The Morgan fingerprint density at radius 2 is 2.23 bits per heavy atom. The Hall–Kier alpha value is -2.40. The Morgan fingerprint density at radius 3 is 2.95 bits per heavy atom. The van der Waals surface area contributed by atoms with Crippen LogP contribution in [0.1, 0.15) is 21.8 Å². The van der Waals surface area contributed by atoms with Gasteiger partial charge in [-0.25, -0.2) is 9.98 Å². The van der Waals surface area contributed by atoms with Crippen LogP contribution in [0, 0.1) is 0 Å². The summed E-state index contributed by atoms with van der Waals surface area (Å²) in [7, 11) is 1.56. The Bertz CT molecular complexity index is 750. The molecule has 0 spiro atoms. The first kappa shape index (κ1) is 14.5. The number of amides is 1. The van der Waals surface area contributed by atoms with E-state index in [1.54, 1.807) is 25.5 Å². The van der Waals surface area contributed by atoms with E-state index in [2.05, 4.69) is 9.98 Å². The number of carbonyl (C=O) groups is 1. The maximum atomic E-state index is 11.3. The van der Waals surface area contributed by atoms with E-state index in [4.69, 9.17) is 22.1 Å². The quantitative estimate of drug-likeness (QED) is 0.870. The summed E-state index contributed by atoms with van der Waals surface area (Å²) < 4.78 is 5.42. The molecular formula is C16H14ClN3O2. The predicted octanol–water partition coefficient (Wildman–Crippen LogP) is 2.42. The van der Waals surface area contributed by atoms with Crippen molar-refractivity contribution in [3.63, 3.8) is 0 Å². The topological polar surface area (TPSA) is 77.0 Å². The summed E-state index contributed by atoms with van der Waals surface area (Å²) in [6.45, 7) is 0. The molecule has 0 aromatic heterocycles. The first-order valence-corrected chi connectivity index (χ1v) is 7.11. The van der Waals surface area contributed by atoms with Gasteiger partial charge in [0.1, 0.15) is 5.75 Å². The molecule has 0 saturated heterocycles. The molecule has 0 bridgehead atoms. The van der Waals surface area contributed by atoms with Gasteiger partial charge in [-0.05, 0) is 29.3 Å². The van der Waals surface area contributed by atoms with E-state index in [1.165, 1.54) is 0 Å². The highest BCUT2D eigenvalue weighted by Gasteiger charge is 2.30. The first-order valence-electron chi connectivity index (χ1n) is 6.73. The minimum Gasteiger partial charge on any atom is -0.496 e. The van der Waals surface area contributed by atoms with E-state index in [0.717, 1.165) is 11.1 Å². The monoisotopic (exact) mass is 315 g/mol. The zero-order valence-electron chi connectivity index (χ0n) is 11.9. The average Bonchev–Trinajstić information content (AvgIpc) is 2.53. The summed E-state index contributed by atoms with van der Waals surface area (Å²) in [5.74, 6) is 0.0638. The number of carbonyl (C=O) groups excluding carboxylic acids is 1. The molecule has 2 aliphatic rings. The largest absolute Gasteiger partial charge is 0.496 e. The van der Waals surface area contributed by atoms with Gasteiger partial charge in [0.15, 0.2) is 0 Å². The van der Waals surface area contributed by atoms with Crippen molar-refractivity contribution in [1.82, 2.24) is 0 Å². The Morgan fingerprint density at radius 1 is 1.41 bits per heavy atom. The number of primary amides is 1. The minimum absolute atomic E-state index is 0.0441. The third-order valence-electron chi connectivity index (χ3n) is 3.73. The number of rotatable bonds is 3. The second kappa shape index (κ2) is 5.77. The van der Waals surface area contributed by atoms with Crippen molar-refractivity contribution in [2.24, 2.45) is 15.7 Å². The number of hydrogen-bond acceptors (Lipinski definition) is 4. The van der Waals surface area contributed by atoms with Gasteiger partial charge in [-0.1, -0.05) is 24.3 Å². The number of aliphatic imine (C=N–C) groups is 2. The fourth-order valence-corrected chi connectivity index (χ4v) is 2.82. The summed E-state index contributed by atoms with van der Waals surface area (Å²) in [4.78, 5) is 19.7. The smallest absolute Gasteiger partial charge is 0.248 e. The zero-order chi connectivity index (χ0) is 15.7. The van der Waals surface area contributed by atoms with E-state index in [-0.39, 0.29) is 17.3 Å². The number of nitrogens with two attached hydrogens (primary N) is 1. The molecule has 6 heteroatoms. The number of allylic oxidation sites excluding steroid dienone is 2. The highest BCUT2D eigenvalue weighted by molar-refractivity contribution is 6.65. The summed E-state index contributed by atoms with van der Waals surface area (Å²) >= 11 is 5.94. The number of benzene rings is 1. The van der Waals surface area contributed by atoms with Crippen molar-refractivity contribution < 1.29 is 9.53 Å². The first-order chi connectivity index (χ1) is 10.6. The van der Waals surface area contributed by atoms with Crippen molar-refractivity contribution in [3.8, 4) is 5.75 Å². The van der Waals surface area contributed by atoms with Crippen LogP contribution in [-0.4, -0.2) is 30.6 Å². The summed E-state index contributed by atoms with van der Waals surface area (Å²) in [5, 5.41) is 0.232. The van der Waals surface area contributed by atoms with E-state index in [9.17, 15) is 4.79 Å². The molecule has 1 aliphatic carbocycles. The van der Waals surface area contributed by atoms with Gasteiger partial charge in [-0.2, -0.15) is 0 Å². The average molecular weight is 316 g/mol. The maximum Gasteiger partial charge on any atom is 0.248 e. The van der Waals surface area contributed by atoms with Crippen molar-refractivity contribution in [3.05, 3.63) is 53.1 Å². The summed E-state index contributed by atoms with van der Waals surface area (Å²) in [6.07, 6.45) is 7.67. The number of amidine groups is 1. The second-order valence-corrected chi connectivity index (χ2v) is 5.34. The lowest BCUT2D eigenvalue weighted by Gasteiger charge is -2.28. The number of ether oxygens (including phenoxy) is 1. The number of methoxy groups -OCH3 is 1. The molecule has 0 radical (unpaired) electrons. The van der Waals surface area contributed by atoms with Crippen LogP contribution >= 0.6 is 11.6 Å².